The summed E-state index contributed by atoms with van der Waals surface area (Å²) in [5.41, 5.74) is -1.03. The van der Waals surface area contributed by atoms with E-state index in [9.17, 15) is 71.5 Å². The van der Waals surface area contributed by atoms with E-state index in [1.807, 2.05) is 78.9 Å². The van der Waals surface area contributed by atoms with Gasteiger partial charge in [-0.25, -0.2) is 0 Å². The van der Waals surface area contributed by atoms with Gasteiger partial charge in [-0.1, -0.05) is 66.7 Å². The van der Waals surface area contributed by atoms with Crippen LogP contribution >= 0.6 is 10.0 Å². The number of hydrogen-bond donors (Lipinski definition) is 14. The summed E-state index contributed by atoms with van der Waals surface area (Å²) < 4.78 is 1.66. The molecule has 2 bridgehead atoms. The zero-order valence-corrected chi connectivity index (χ0v) is 37.5. The van der Waals surface area contributed by atoms with E-state index >= 15 is 0 Å². The lowest BCUT2D eigenvalue weighted by atomic mass is 9.94. The van der Waals surface area contributed by atoms with Gasteiger partial charge in [-0.2, -0.15) is 19.8 Å². The zero-order chi connectivity index (χ0) is 50.8. The van der Waals surface area contributed by atoms with E-state index in [0.29, 0.717) is 0 Å². The van der Waals surface area contributed by atoms with Crippen LogP contribution < -0.4 is 4.89 Å². The fourth-order valence-electron chi connectivity index (χ4n) is 10.4. The molecule has 7 aromatic carbocycles. The van der Waals surface area contributed by atoms with Crippen LogP contribution in [0.5, 0.6) is 69.0 Å². The summed E-state index contributed by atoms with van der Waals surface area (Å²) in [6.45, 7) is 0. The molecule has 22 heteroatoms. The largest absolute Gasteiger partial charge is 0.506 e. The minimum atomic E-state index is -2.36. The topological polar surface area (TPSA) is 350 Å². The number of phenols is 11. The first-order valence-corrected chi connectivity index (χ1v) is 23.5. The molecular formula is C51H33N5O16S. The molecule has 0 spiro atoms. The molecule has 0 saturated heterocycles. The third-order valence-corrected chi connectivity index (χ3v) is 17.6. The van der Waals surface area contributed by atoms with Crippen LogP contribution in [0.2, 0.25) is 0 Å². The van der Waals surface area contributed by atoms with Crippen molar-refractivity contribution in [3.05, 3.63) is 120 Å². The van der Waals surface area contributed by atoms with Crippen LogP contribution in [0.25, 0.3) is 72.9 Å². The molecule has 364 valence electrons. The molecule has 0 radical (unpaired) electrons. The highest BCUT2D eigenvalue weighted by molar-refractivity contribution is 8.34. The van der Waals surface area contributed by atoms with Gasteiger partial charge in [0.05, 0.1) is 27.4 Å². The van der Waals surface area contributed by atoms with E-state index in [0.717, 1.165) is 39.8 Å². The van der Waals surface area contributed by atoms with E-state index in [1.165, 1.54) is 0 Å². The minimum Gasteiger partial charge on any atom is -0.506 e. The standard InChI is InChI=1S/C51H33N5O16S/c57-33-25-27-31-47(45(69)41(65)35(27)59)71-72-48-32-28(36(60)42(66)46(48)70)26-30(38(62)44(68)40(64)34(26)58)56(32)51-53-49(52-50(54-51)55(31)29(25)37(61)43(67)39(33)63)18-9-8-12-20(17-18)73(19-10-2-1-3-11-19)23-15-6-4-13-21(23)22-14-5-7-16-24(22)73/h1-17,45,47,57-70H. The molecule has 1 aliphatic carbocycles. The van der Waals surface area contributed by atoms with Gasteiger partial charge in [0.15, 0.2) is 58.3 Å². The normalized spacial score (nSPS) is 16.7. The molecule has 10 aromatic rings. The third-order valence-electron chi connectivity index (χ3n) is 13.6. The Bertz CT molecular complexity index is 4150. The molecule has 13 rings (SSSR count). The summed E-state index contributed by atoms with van der Waals surface area (Å²) >= 11 is 0. The molecule has 0 saturated carbocycles. The number of aliphatic hydroxyl groups excluding tert-OH is 3. The number of aliphatic hydroxyl groups is 3. The van der Waals surface area contributed by atoms with Gasteiger partial charge < -0.3 is 76.4 Å². The van der Waals surface area contributed by atoms with Crippen molar-refractivity contribution in [3.63, 3.8) is 0 Å². The van der Waals surface area contributed by atoms with E-state index in [4.69, 9.17) is 19.7 Å². The van der Waals surface area contributed by atoms with E-state index < -0.39 is 159 Å². The molecule has 3 aromatic heterocycles. The van der Waals surface area contributed by atoms with Gasteiger partial charge >= 0.3 is 0 Å². The Morgan fingerprint density at radius 3 is 1.60 bits per heavy atom. The van der Waals surface area contributed by atoms with Crippen LogP contribution in [0.1, 0.15) is 17.4 Å². The van der Waals surface area contributed by atoms with Crippen LogP contribution in [-0.2, 0) is 4.89 Å². The molecule has 21 nitrogen and oxygen atoms in total. The van der Waals surface area contributed by atoms with E-state index in [-0.39, 0.29) is 11.4 Å². The number of rotatable bonds is 3. The first kappa shape index (κ1) is 43.1. The second-order valence-electron chi connectivity index (χ2n) is 17.2. The Labute approximate surface area is 407 Å². The molecule has 73 heavy (non-hydrogen) atoms. The molecule has 5 heterocycles. The van der Waals surface area contributed by atoms with Crippen LogP contribution in [0.3, 0.4) is 0 Å². The van der Waals surface area contributed by atoms with Crippen molar-refractivity contribution < 1.29 is 81.3 Å². The summed E-state index contributed by atoms with van der Waals surface area (Å²) in [6, 6.07) is 33.0. The number of nitrogens with zero attached hydrogens (tertiary/aromatic N) is 5. The van der Waals surface area contributed by atoms with Gasteiger partial charge in [0, 0.05) is 25.1 Å². The predicted octanol–water partition coefficient (Wildman–Crippen LogP) is 8.19. The maximum atomic E-state index is 11.8. The average Bonchev–Trinajstić information content (AvgIpc) is 4.06. The summed E-state index contributed by atoms with van der Waals surface area (Å²) in [5.74, 6) is -18.7. The van der Waals surface area contributed by atoms with Gasteiger partial charge in [-0.3, -0.25) is 9.13 Å². The molecule has 2 atom stereocenters. The molecule has 3 aliphatic rings. The average molecular weight is 1000 g/mol. The van der Waals surface area contributed by atoms with Crippen molar-refractivity contribution in [1.29, 1.82) is 0 Å². The maximum Gasteiger partial charge on any atom is 0.240 e. The highest BCUT2D eigenvalue weighted by Crippen LogP contribution is 2.80. The Morgan fingerprint density at radius 2 is 0.973 bits per heavy atom. The molecule has 2 unspecified atom stereocenters. The fourth-order valence-corrected chi connectivity index (χ4v) is 14.7. The SMILES string of the molecule is OC1=C(O)C(O)C2OOc3c(O)c(O)c(O)c4c5c(O)c(O)c(O)c(O)c5n(c34)-c3nc(-c4cccc(S5(c6ccccc6)c6ccccc6-c6ccccc65)c4)nc(n3)-n3c2c1c1c(O)c(O)c(O)c(O)c13. The lowest BCUT2D eigenvalue weighted by Gasteiger charge is -2.39. The van der Waals surface area contributed by atoms with Crippen LogP contribution in [0, 0.1) is 0 Å². The predicted molar refractivity (Wildman–Crippen MR) is 256 cm³/mol. The van der Waals surface area contributed by atoms with Gasteiger partial charge in [0.1, 0.15) is 16.6 Å². The maximum absolute atomic E-state index is 11.8. The van der Waals surface area contributed by atoms with Gasteiger partial charge in [0.2, 0.25) is 52.1 Å². The Morgan fingerprint density at radius 1 is 0.466 bits per heavy atom. The smallest absolute Gasteiger partial charge is 0.240 e. The highest BCUT2D eigenvalue weighted by atomic mass is 32.3. The highest BCUT2D eigenvalue weighted by Gasteiger charge is 2.47. The van der Waals surface area contributed by atoms with Gasteiger partial charge in [-0.15, -0.1) is 10.0 Å². The second-order valence-corrected chi connectivity index (χ2v) is 20.3. The zero-order valence-electron chi connectivity index (χ0n) is 36.7. The molecule has 2 aliphatic heterocycles. The lowest BCUT2D eigenvalue weighted by molar-refractivity contribution is -0.269. The van der Waals surface area contributed by atoms with Crippen molar-refractivity contribution in [2.24, 2.45) is 0 Å². The first-order chi connectivity index (χ1) is 35.1. The summed E-state index contributed by atoms with van der Waals surface area (Å²) in [5, 5.41) is 157. The van der Waals surface area contributed by atoms with Crippen LogP contribution in [-0.4, -0.2) is 102 Å². The lowest BCUT2D eigenvalue weighted by Crippen LogP contribution is -2.31. The summed E-state index contributed by atoms with van der Waals surface area (Å²) in [7, 11) is -2.35. The summed E-state index contributed by atoms with van der Waals surface area (Å²) in [6.07, 6.45) is -4.54. The Hall–Kier alpha value is -9.90. The third kappa shape index (κ3) is 5.23. The monoisotopic (exact) mass is 1000 g/mol. The van der Waals surface area contributed by atoms with Crippen molar-refractivity contribution in [2.75, 3.05) is 0 Å². The van der Waals surface area contributed by atoms with E-state index in [1.54, 1.807) is 12.1 Å². The first-order valence-electron chi connectivity index (χ1n) is 21.8. The molecule has 0 amide bonds. The second kappa shape index (κ2) is 14.6. The number of phenolic OH excluding ortho intramolecular Hbond substituents is 11. The number of fused-ring (bicyclic) bond motifs is 13. The van der Waals surface area contributed by atoms with Gasteiger partial charge in [0.25, 0.3) is 0 Å². The Kier molecular flexibility index (Phi) is 8.62. The summed E-state index contributed by atoms with van der Waals surface area (Å²) in [4.78, 5) is 29.6. The van der Waals surface area contributed by atoms with Crippen molar-refractivity contribution >= 4 is 48.5 Å². The van der Waals surface area contributed by atoms with Crippen molar-refractivity contribution in [2.45, 2.75) is 31.8 Å². The quantitative estimate of drug-likeness (QED) is 0.0450. The molecular weight excluding hydrogens is 971 g/mol. The van der Waals surface area contributed by atoms with Crippen LogP contribution in [0.4, 0.5) is 0 Å². The molecule has 0 fully saturated rings. The van der Waals surface area contributed by atoms with Crippen molar-refractivity contribution in [1.82, 2.24) is 24.1 Å². The number of hydrogen-bond acceptors (Lipinski definition) is 19. The van der Waals surface area contributed by atoms with E-state index in [2.05, 4.69) is 17.1 Å². The van der Waals surface area contributed by atoms with Crippen LogP contribution in [0.15, 0.2) is 128 Å². The number of aromatic nitrogens is 5. The van der Waals surface area contributed by atoms with Crippen molar-refractivity contribution in [3.8, 4) is 103 Å². The van der Waals surface area contributed by atoms with Gasteiger partial charge in [-0.05, 0) is 47.5 Å². The number of benzene rings is 7. The number of aromatic hydroxyl groups is 11. The molecule has 14 N–H and O–H groups in total. The fraction of sp³-hybridized carbons (Fsp3) is 0.0392. The minimum absolute atomic E-state index is 0.237. The Balaban J connectivity index is 1.22.